The zero-order chi connectivity index (χ0) is 21.5. The van der Waals surface area contributed by atoms with Crippen LogP contribution in [0.2, 0.25) is 0 Å². The van der Waals surface area contributed by atoms with Gasteiger partial charge < -0.3 is 15.4 Å². The van der Waals surface area contributed by atoms with E-state index in [-0.39, 0.29) is 5.91 Å². The van der Waals surface area contributed by atoms with Gasteiger partial charge in [0.15, 0.2) is 4.34 Å². The smallest absolute Gasteiger partial charge is 0.230 e. The first kappa shape index (κ1) is 21.6. The molecule has 1 fully saturated rings. The molecule has 162 valence electrons. The van der Waals surface area contributed by atoms with Crippen LogP contribution in [0.3, 0.4) is 0 Å². The van der Waals surface area contributed by atoms with Gasteiger partial charge in [0, 0.05) is 11.7 Å². The van der Waals surface area contributed by atoms with Crippen LogP contribution in [0.1, 0.15) is 32.6 Å². The van der Waals surface area contributed by atoms with E-state index in [0.717, 1.165) is 27.9 Å². The van der Waals surface area contributed by atoms with E-state index in [1.165, 1.54) is 42.4 Å². The van der Waals surface area contributed by atoms with E-state index in [4.69, 9.17) is 4.74 Å². The molecular weight excluding hydrogens is 428 g/mol. The third-order valence-corrected chi connectivity index (χ3v) is 7.25. The monoisotopic (exact) mass is 454 g/mol. The minimum atomic E-state index is 0.0717. The summed E-state index contributed by atoms with van der Waals surface area (Å²) in [6.45, 7) is 2.22. The van der Waals surface area contributed by atoms with E-state index in [1.807, 2.05) is 54.6 Å². The maximum Gasteiger partial charge on any atom is 0.230 e. The number of para-hydroxylation sites is 1. The van der Waals surface area contributed by atoms with Gasteiger partial charge in [-0.2, -0.15) is 0 Å². The molecule has 1 aliphatic rings. The van der Waals surface area contributed by atoms with Crippen molar-refractivity contribution in [2.45, 2.75) is 43.0 Å². The highest BCUT2D eigenvalue weighted by Gasteiger charge is 2.22. The standard InChI is InChI=1S/C23H26N4O2S2/c1-16-7-5-6-10-20(16)25-21(28)15-30-23-27-26-22(31-23)24-17-11-13-19(14-12-17)29-18-8-3-2-4-9-18/h2-4,8-9,11-14,16,20H,5-7,10,15H2,1H3,(H,24,26)(H,25,28). The lowest BCUT2D eigenvalue weighted by atomic mass is 9.86. The van der Waals surface area contributed by atoms with Gasteiger partial charge in [-0.25, -0.2) is 0 Å². The van der Waals surface area contributed by atoms with Crippen molar-refractivity contribution in [1.29, 1.82) is 0 Å². The van der Waals surface area contributed by atoms with Crippen LogP contribution >= 0.6 is 23.1 Å². The fraction of sp³-hybridized carbons (Fsp3) is 0.348. The molecule has 0 aliphatic heterocycles. The molecule has 8 heteroatoms. The topological polar surface area (TPSA) is 76.1 Å². The second kappa shape index (κ2) is 10.6. The summed E-state index contributed by atoms with van der Waals surface area (Å²) in [6, 6.07) is 17.7. The summed E-state index contributed by atoms with van der Waals surface area (Å²) < 4.78 is 6.58. The highest BCUT2D eigenvalue weighted by atomic mass is 32.2. The number of carbonyl (C=O) groups is 1. The maximum absolute atomic E-state index is 12.3. The second-order valence-electron chi connectivity index (χ2n) is 7.66. The SMILES string of the molecule is CC1CCCCC1NC(=O)CSc1nnc(Nc2ccc(Oc3ccccc3)cc2)s1. The minimum absolute atomic E-state index is 0.0717. The third kappa shape index (κ3) is 6.45. The second-order valence-corrected chi connectivity index (χ2v) is 9.86. The minimum Gasteiger partial charge on any atom is -0.457 e. The highest BCUT2D eigenvalue weighted by molar-refractivity contribution is 8.01. The Morgan fingerprint density at radius 1 is 1.06 bits per heavy atom. The molecular formula is C23H26N4O2S2. The Balaban J connectivity index is 1.24. The van der Waals surface area contributed by atoms with Gasteiger partial charge in [-0.3, -0.25) is 4.79 Å². The summed E-state index contributed by atoms with van der Waals surface area (Å²) in [5.74, 6) is 2.56. The molecule has 0 radical (unpaired) electrons. The Morgan fingerprint density at radius 2 is 1.81 bits per heavy atom. The molecule has 1 saturated carbocycles. The van der Waals surface area contributed by atoms with Crippen molar-refractivity contribution in [2.75, 3.05) is 11.1 Å². The number of nitrogens with one attached hydrogen (secondary N) is 2. The Bertz CT molecular complexity index is 979. The first-order valence-electron chi connectivity index (χ1n) is 10.5. The maximum atomic E-state index is 12.3. The van der Waals surface area contributed by atoms with Gasteiger partial charge in [0.1, 0.15) is 11.5 Å². The molecule has 3 aromatic rings. The number of benzene rings is 2. The molecule has 1 amide bonds. The number of hydrogen-bond acceptors (Lipinski definition) is 7. The van der Waals surface area contributed by atoms with E-state index < -0.39 is 0 Å². The van der Waals surface area contributed by atoms with E-state index in [0.29, 0.717) is 22.8 Å². The van der Waals surface area contributed by atoms with Crippen molar-refractivity contribution < 1.29 is 9.53 Å². The quantitative estimate of drug-likeness (QED) is 0.415. The number of ether oxygens (including phenoxy) is 1. The van der Waals surface area contributed by atoms with Crippen molar-refractivity contribution in [3.8, 4) is 11.5 Å². The largest absolute Gasteiger partial charge is 0.457 e. The number of anilines is 2. The predicted molar refractivity (Wildman–Crippen MR) is 126 cm³/mol. The van der Waals surface area contributed by atoms with Crippen molar-refractivity contribution in [3.05, 3.63) is 54.6 Å². The first-order valence-corrected chi connectivity index (χ1v) is 12.3. The van der Waals surface area contributed by atoms with E-state index in [1.54, 1.807) is 0 Å². The molecule has 0 saturated heterocycles. The van der Waals surface area contributed by atoms with Gasteiger partial charge in [-0.05, 0) is 55.2 Å². The van der Waals surface area contributed by atoms with E-state index in [9.17, 15) is 4.79 Å². The molecule has 1 aliphatic carbocycles. The van der Waals surface area contributed by atoms with E-state index in [2.05, 4.69) is 27.8 Å². The average Bonchev–Trinajstić information content (AvgIpc) is 3.23. The molecule has 2 aromatic carbocycles. The third-order valence-electron chi connectivity index (χ3n) is 5.28. The van der Waals surface area contributed by atoms with Crippen LogP contribution in [0, 0.1) is 5.92 Å². The van der Waals surface area contributed by atoms with Gasteiger partial charge in [-0.15, -0.1) is 10.2 Å². The number of nitrogens with zero attached hydrogens (tertiary/aromatic N) is 2. The molecule has 0 spiro atoms. The molecule has 0 bridgehead atoms. The summed E-state index contributed by atoms with van der Waals surface area (Å²) in [7, 11) is 0. The Kier molecular flexibility index (Phi) is 7.43. The van der Waals surface area contributed by atoms with Crippen molar-refractivity contribution in [1.82, 2.24) is 15.5 Å². The Morgan fingerprint density at radius 3 is 2.58 bits per heavy atom. The molecule has 2 unspecified atom stereocenters. The lowest BCUT2D eigenvalue weighted by molar-refractivity contribution is -0.119. The Labute approximate surface area is 190 Å². The number of amides is 1. The lowest BCUT2D eigenvalue weighted by Gasteiger charge is -2.29. The summed E-state index contributed by atoms with van der Waals surface area (Å²) in [5, 5.41) is 15.5. The van der Waals surface area contributed by atoms with Crippen molar-refractivity contribution in [2.24, 2.45) is 5.92 Å². The van der Waals surface area contributed by atoms with Crippen LogP contribution in [0.25, 0.3) is 0 Å². The number of hydrogen-bond donors (Lipinski definition) is 2. The van der Waals surface area contributed by atoms with Gasteiger partial charge in [0.25, 0.3) is 0 Å². The highest BCUT2D eigenvalue weighted by Crippen LogP contribution is 2.29. The predicted octanol–water partition coefficient (Wildman–Crippen LogP) is 5.86. The first-order chi connectivity index (χ1) is 15.2. The van der Waals surface area contributed by atoms with Gasteiger partial charge >= 0.3 is 0 Å². The number of rotatable bonds is 8. The molecule has 31 heavy (non-hydrogen) atoms. The van der Waals surface area contributed by atoms with E-state index >= 15 is 0 Å². The summed E-state index contributed by atoms with van der Waals surface area (Å²) in [6.07, 6.45) is 4.75. The van der Waals surface area contributed by atoms with Gasteiger partial charge in [0.2, 0.25) is 11.0 Å². The number of thioether (sulfide) groups is 1. The van der Waals surface area contributed by atoms with Gasteiger partial charge in [0.05, 0.1) is 5.75 Å². The fourth-order valence-electron chi connectivity index (χ4n) is 3.58. The number of carbonyl (C=O) groups excluding carboxylic acids is 1. The summed E-state index contributed by atoms with van der Waals surface area (Å²) in [5.41, 5.74) is 0.900. The van der Waals surface area contributed by atoms with Gasteiger partial charge in [-0.1, -0.05) is 61.1 Å². The molecule has 2 atom stereocenters. The van der Waals surface area contributed by atoms with Crippen molar-refractivity contribution in [3.63, 3.8) is 0 Å². The number of aromatic nitrogens is 2. The van der Waals surface area contributed by atoms with Crippen molar-refractivity contribution >= 4 is 39.8 Å². The zero-order valence-corrected chi connectivity index (χ0v) is 19.0. The van der Waals surface area contributed by atoms with Crippen LogP contribution in [-0.4, -0.2) is 27.9 Å². The zero-order valence-electron chi connectivity index (χ0n) is 17.4. The lowest BCUT2D eigenvalue weighted by Crippen LogP contribution is -2.41. The van der Waals surface area contributed by atoms with Crippen LogP contribution in [0.4, 0.5) is 10.8 Å². The summed E-state index contributed by atoms with van der Waals surface area (Å²) in [4.78, 5) is 12.3. The van der Waals surface area contributed by atoms with Crippen LogP contribution in [0.15, 0.2) is 58.9 Å². The molecule has 2 N–H and O–H groups in total. The molecule has 4 rings (SSSR count). The normalized spacial score (nSPS) is 18.4. The fourth-order valence-corrected chi connectivity index (χ4v) is 5.16. The average molecular weight is 455 g/mol. The summed E-state index contributed by atoms with van der Waals surface area (Å²) >= 11 is 2.87. The molecule has 6 nitrogen and oxygen atoms in total. The van der Waals surface area contributed by atoms with Crippen LogP contribution < -0.4 is 15.4 Å². The van der Waals surface area contributed by atoms with Crippen LogP contribution in [0.5, 0.6) is 11.5 Å². The molecule has 1 aromatic heterocycles. The van der Waals surface area contributed by atoms with Crippen LogP contribution in [-0.2, 0) is 4.79 Å². The Hall–Kier alpha value is -2.58. The molecule has 1 heterocycles.